The van der Waals surface area contributed by atoms with Crippen molar-refractivity contribution in [3.05, 3.63) is 56.0 Å². The molecule has 2 nitrogen and oxygen atoms in total. The number of carbonyl (C=O) groups is 1. The molecule has 0 radical (unpaired) electrons. The van der Waals surface area contributed by atoms with E-state index < -0.39 is 0 Å². The van der Waals surface area contributed by atoms with Gasteiger partial charge in [0.25, 0.3) is 0 Å². The minimum Gasteiger partial charge on any atom is -0.354 e. The number of nitrogens with one attached hydrogen (secondary N) is 1. The molecule has 0 atom stereocenters. The SMILES string of the molecule is CC(=O)c1cc(Br)cc2c1Nc1ccc(Br)cc1CC2. The maximum Gasteiger partial charge on any atom is 0.161 e. The van der Waals surface area contributed by atoms with Crippen molar-refractivity contribution >= 4 is 49.0 Å². The summed E-state index contributed by atoms with van der Waals surface area (Å²) in [5.41, 5.74) is 5.21. The van der Waals surface area contributed by atoms with Crippen LogP contribution >= 0.6 is 31.9 Å². The van der Waals surface area contributed by atoms with Gasteiger partial charge in [-0.3, -0.25) is 4.79 Å². The summed E-state index contributed by atoms with van der Waals surface area (Å²) >= 11 is 7.01. The molecule has 0 saturated heterocycles. The first-order valence-electron chi connectivity index (χ1n) is 6.43. The lowest BCUT2D eigenvalue weighted by Gasteiger charge is -2.14. The highest BCUT2D eigenvalue weighted by atomic mass is 79.9. The first kappa shape index (κ1) is 13.8. The smallest absolute Gasteiger partial charge is 0.161 e. The lowest BCUT2D eigenvalue weighted by Crippen LogP contribution is -2.03. The number of fused-ring (bicyclic) bond motifs is 2. The number of carbonyl (C=O) groups excluding carboxylic acids is 1. The third-order valence-corrected chi connectivity index (χ3v) is 4.51. The predicted octanol–water partition coefficient (Wildman–Crippen LogP) is 5.26. The van der Waals surface area contributed by atoms with E-state index in [1.165, 1.54) is 11.1 Å². The first-order chi connectivity index (χ1) is 9.54. The van der Waals surface area contributed by atoms with Crippen molar-refractivity contribution in [3.63, 3.8) is 0 Å². The number of rotatable bonds is 1. The molecule has 0 fully saturated rings. The molecular weight excluding hydrogens is 382 g/mol. The van der Waals surface area contributed by atoms with Crippen LogP contribution in [0.5, 0.6) is 0 Å². The number of ketones is 1. The number of anilines is 2. The zero-order valence-electron chi connectivity index (χ0n) is 11.0. The molecule has 0 aliphatic carbocycles. The van der Waals surface area contributed by atoms with Gasteiger partial charge < -0.3 is 5.32 Å². The zero-order valence-corrected chi connectivity index (χ0v) is 14.1. The normalized spacial score (nSPS) is 12.9. The van der Waals surface area contributed by atoms with Gasteiger partial charge >= 0.3 is 0 Å². The molecular formula is C16H13Br2NO. The number of hydrogen-bond donors (Lipinski definition) is 1. The first-order valence-corrected chi connectivity index (χ1v) is 8.02. The fourth-order valence-electron chi connectivity index (χ4n) is 2.58. The van der Waals surface area contributed by atoms with E-state index in [-0.39, 0.29) is 5.78 Å². The molecule has 0 bridgehead atoms. The van der Waals surface area contributed by atoms with Crippen LogP contribution in [0.1, 0.15) is 28.4 Å². The molecule has 0 aromatic heterocycles. The Morgan fingerprint density at radius 2 is 1.75 bits per heavy atom. The van der Waals surface area contributed by atoms with Gasteiger partial charge in [0.15, 0.2) is 5.78 Å². The van der Waals surface area contributed by atoms with Crippen LogP contribution in [0.4, 0.5) is 11.4 Å². The Morgan fingerprint density at radius 3 is 2.50 bits per heavy atom. The number of halogens is 2. The van der Waals surface area contributed by atoms with E-state index in [2.05, 4.69) is 55.4 Å². The van der Waals surface area contributed by atoms with Gasteiger partial charge in [-0.1, -0.05) is 31.9 Å². The van der Waals surface area contributed by atoms with Crippen LogP contribution in [0, 0.1) is 0 Å². The molecule has 0 spiro atoms. The summed E-state index contributed by atoms with van der Waals surface area (Å²) in [5, 5.41) is 3.44. The number of benzene rings is 2. The Kier molecular flexibility index (Phi) is 3.69. The van der Waals surface area contributed by atoms with Crippen LogP contribution in [0.25, 0.3) is 0 Å². The third kappa shape index (κ3) is 2.54. The van der Waals surface area contributed by atoms with E-state index in [0.717, 1.165) is 38.7 Å². The Morgan fingerprint density at radius 1 is 1.05 bits per heavy atom. The number of hydrogen-bond acceptors (Lipinski definition) is 2. The minimum absolute atomic E-state index is 0.0793. The van der Waals surface area contributed by atoms with E-state index in [1.807, 2.05) is 12.1 Å². The lowest BCUT2D eigenvalue weighted by molar-refractivity contribution is 0.101. The molecule has 1 aliphatic heterocycles. The molecule has 1 heterocycles. The second kappa shape index (κ2) is 5.34. The lowest BCUT2D eigenvalue weighted by atomic mass is 10.0. The molecule has 2 aromatic rings. The van der Waals surface area contributed by atoms with Gasteiger partial charge in [0, 0.05) is 20.2 Å². The van der Waals surface area contributed by atoms with E-state index in [1.54, 1.807) is 6.92 Å². The second-order valence-corrected chi connectivity index (χ2v) is 6.80. The van der Waals surface area contributed by atoms with Crippen LogP contribution in [0.2, 0.25) is 0 Å². The Hall–Kier alpha value is -1.13. The Labute approximate surface area is 134 Å². The van der Waals surface area contributed by atoms with Crippen LogP contribution in [-0.4, -0.2) is 5.78 Å². The molecule has 1 aliphatic rings. The van der Waals surface area contributed by atoms with Crippen molar-refractivity contribution in [2.45, 2.75) is 19.8 Å². The molecule has 2 aromatic carbocycles. The summed E-state index contributed by atoms with van der Waals surface area (Å²) < 4.78 is 2.03. The monoisotopic (exact) mass is 393 g/mol. The van der Waals surface area contributed by atoms with Crippen molar-refractivity contribution < 1.29 is 4.79 Å². The van der Waals surface area contributed by atoms with Gasteiger partial charge in [0.2, 0.25) is 0 Å². The van der Waals surface area contributed by atoms with Crippen molar-refractivity contribution in [1.82, 2.24) is 0 Å². The zero-order chi connectivity index (χ0) is 14.3. The standard InChI is InChI=1S/C16H13Br2NO/c1-9(20)14-8-13(18)7-11-3-2-10-6-12(17)4-5-15(10)19-16(11)14/h4-8,19H,2-3H2,1H3. The number of Topliss-reactive ketones (excluding diaryl/α,β-unsaturated/α-hetero) is 1. The molecule has 1 N–H and O–H groups in total. The van der Waals surface area contributed by atoms with E-state index >= 15 is 0 Å². The highest BCUT2D eigenvalue weighted by molar-refractivity contribution is 9.10. The van der Waals surface area contributed by atoms with Crippen molar-refractivity contribution in [2.24, 2.45) is 0 Å². The van der Waals surface area contributed by atoms with Crippen LogP contribution in [0.15, 0.2) is 39.3 Å². The van der Waals surface area contributed by atoms with Crippen molar-refractivity contribution in [1.29, 1.82) is 0 Å². The van der Waals surface area contributed by atoms with E-state index in [0.29, 0.717) is 0 Å². The summed E-state index contributed by atoms with van der Waals surface area (Å²) in [7, 11) is 0. The van der Waals surface area contributed by atoms with Gasteiger partial charge in [-0.25, -0.2) is 0 Å². The summed E-state index contributed by atoms with van der Waals surface area (Å²) in [5.74, 6) is 0.0793. The summed E-state index contributed by atoms with van der Waals surface area (Å²) in [6, 6.07) is 10.2. The predicted molar refractivity (Wildman–Crippen MR) is 89.0 cm³/mol. The summed E-state index contributed by atoms with van der Waals surface area (Å²) in [6.07, 6.45) is 1.88. The minimum atomic E-state index is 0.0793. The molecule has 0 unspecified atom stereocenters. The third-order valence-electron chi connectivity index (χ3n) is 3.55. The van der Waals surface area contributed by atoms with Crippen molar-refractivity contribution in [2.75, 3.05) is 5.32 Å². The maximum atomic E-state index is 11.9. The molecule has 0 saturated carbocycles. The fourth-order valence-corrected chi connectivity index (χ4v) is 3.49. The van der Waals surface area contributed by atoms with E-state index in [4.69, 9.17) is 0 Å². The maximum absolute atomic E-state index is 11.9. The van der Waals surface area contributed by atoms with Crippen molar-refractivity contribution in [3.8, 4) is 0 Å². The molecule has 4 heteroatoms. The van der Waals surface area contributed by atoms with Crippen LogP contribution in [-0.2, 0) is 12.8 Å². The molecule has 3 rings (SSSR count). The topological polar surface area (TPSA) is 29.1 Å². The molecule has 0 amide bonds. The largest absolute Gasteiger partial charge is 0.354 e. The van der Waals surface area contributed by atoms with E-state index in [9.17, 15) is 4.79 Å². The molecule has 102 valence electrons. The number of aryl methyl sites for hydroxylation is 2. The highest BCUT2D eigenvalue weighted by Crippen LogP contribution is 2.35. The van der Waals surface area contributed by atoms with Gasteiger partial charge in [-0.2, -0.15) is 0 Å². The summed E-state index contributed by atoms with van der Waals surface area (Å²) in [4.78, 5) is 11.9. The van der Waals surface area contributed by atoms with Gasteiger partial charge in [0.05, 0.1) is 5.69 Å². The van der Waals surface area contributed by atoms with Gasteiger partial charge in [-0.05, 0) is 61.2 Å². The molecule has 20 heavy (non-hydrogen) atoms. The second-order valence-electron chi connectivity index (χ2n) is 4.97. The fraction of sp³-hybridized carbons (Fsp3) is 0.188. The van der Waals surface area contributed by atoms with Crippen LogP contribution < -0.4 is 5.32 Å². The van der Waals surface area contributed by atoms with Gasteiger partial charge in [0.1, 0.15) is 0 Å². The highest BCUT2D eigenvalue weighted by Gasteiger charge is 2.18. The Bertz CT molecular complexity index is 710. The van der Waals surface area contributed by atoms with Crippen LogP contribution in [0.3, 0.4) is 0 Å². The average Bonchev–Trinajstić information content (AvgIpc) is 2.57. The van der Waals surface area contributed by atoms with Gasteiger partial charge in [-0.15, -0.1) is 0 Å². The average molecular weight is 395 g/mol. The summed E-state index contributed by atoms with van der Waals surface area (Å²) in [6.45, 7) is 1.61. The Balaban J connectivity index is 2.16. The quantitative estimate of drug-likeness (QED) is 0.668.